The van der Waals surface area contributed by atoms with Crippen molar-refractivity contribution in [2.24, 2.45) is 0 Å². The Morgan fingerprint density at radius 3 is 2.90 bits per heavy atom. The number of halogens is 1. The lowest BCUT2D eigenvalue weighted by Crippen LogP contribution is -2.39. The quantitative estimate of drug-likeness (QED) is 0.595. The van der Waals surface area contributed by atoms with Gasteiger partial charge in [0.2, 0.25) is 0 Å². The maximum Gasteiger partial charge on any atom is 0.280 e. The van der Waals surface area contributed by atoms with Crippen LogP contribution in [0.1, 0.15) is 22.5 Å². The summed E-state index contributed by atoms with van der Waals surface area (Å²) in [5, 5.41) is 1.33. The van der Waals surface area contributed by atoms with Crippen LogP contribution in [0.4, 0.5) is 5.13 Å². The second-order valence-electron chi connectivity index (χ2n) is 6.92. The SMILES string of the molecule is Cc1cc(Cl)cc2sc(N(CCCN3CCOCC3)C(=O)c3cnccn3)nc12. The van der Waals surface area contributed by atoms with E-state index in [-0.39, 0.29) is 5.91 Å². The zero-order valence-corrected chi connectivity index (χ0v) is 17.7. The van der Waals surface area contributed by atoms with Crippen LogP contribution in [0.5, 0.6) is 0 Å². The van der Waals surface area contributed by atoms with Gasteiger partial charge in [0.25, 0.3) is 5.91 Å². The van der Waals surface area contributed by atoms with Crippen LogP contribution in [0.25, 0.3) is 10.2 Å². The molecule has 0 atom stereocenters. The molecule has 1 saturated heterocycles. The highest BCUT2D eigenvalue weighted by Gasteiger charge is 2.23. The van der Waals surface area contributed by atoms with Gasteiger partial charge in [-0.1, -0.05) is 22.9 Å². The van der Waals surface area contributed by atoms with Gasteiger partial charge in [-0.05, 0) is 31.0 Å². The van der Waals surface area contributed by atoms with E-state index in [4.69, 9.17) is 21.3 Å². The minimum Gasteiger partial charge on any atom is -0.379 e. The van der Waals surface area contributed by atoms with Crippen molar-refractivity contribution in [3.63, 3.8) is 0 Å². The zero-order valence-electron chi connectivity index (χ0n) is 16.2. The Morgan fingerprint density at radius 1 is 1.31 bits per heavy atom. The lowest BCUT2D eigenvalue weighted by Gasteiger charge is -2.27. The van der Waals surface area contributed by atoms with E-state index in [1.807, 2.05) is 19.1 Å². The van der Waals surface area contributed by atoms with E-state index in [1.54, 1.807) is 11.1 Å². The fourth-order valence-electron chi connectivity index (χ4n) is 3.37. The molecule has 0 unspecified atom stereocenters. The van der Waals surface area contributed by atoms with E-state index in [0.717, 1.165) is 55.0 Å². The first kappa shape index (κ1) is 20.2. The van der Waals surface area contributed by atoms with E-state index in [2.05, 4.69) is 14.9 Å². The number of hydrogen-bond acceptors (Lipinski definition) is 7. The van der Waals surface area contributed by atoms with Crippen molar-refractivity contribution in [2.45, 2.75) is 13.3 Å². The summed E-state index contributed by atoms with van der Waals surface area (Å²) in [6.07, 6.45) is 5.42. The number of benzene rings is 1. The predicted octanol–water partition coefficient (Wildman–Crippen LogP) is 3.42. The molecule has 0 aliphatic carbocycles. The number of fused-ring (bicyclic) bond motifs is 1. The van der Waals surface area contributed by atoms with Crippen molar-refractivity contribution in [2.75, 3.05) is 44.3 Å². The second kappa shape index (κ2) is 9.13. The van der Waals surface area contributed by atoms with Crippen molar-refractivity contribution in [3.8, 4) is 0 Å². The molecule has 3 aromatic rings. The number of nitrogens with zero attached hydrogens (tertiary/aromatic N) is 5. The third kappa shape index (κ3) is 4.72. The predicted molar refractivity (Wildman–Crippen MR) is 115 cm³/mol. The fraction of sp³-hybridized carbons (Fsp3) is 0.400. The van der Waals surface area contributed by atoms with Crippen molar-refractivity contribution in [1.82, 2.24) is 19.9 Å². The largest absolute Gasteiger partial charge is 0.379 e. The first-order valence-corrected chi connectivity index (χ1v) is 10.8. The number of aromatic nitrogens is 3. The first-order valence-electron chi connectivity index (χ1n) is 9.56. The average molecular weight is 432 g/mol. The zero-order chi connectivity index (χ0) is 20.2. The lowest BCUT2D eigenvalue weighted by atomic mass is 10.2. The summed E-state index contributed by atoms with van der Waals surface area (Å²) in [7, 11) is 0. The van der Waals surface area contributed by atoms with Crippen LogP contribution in [0, 0.1) is 6.92 Å². The van der Waals surface area contributed by atoms with E-state index >= 15 is 0 Å². The summed E-state index contributed by atoms with van der Waals surface area (Å²) in [6, 6.07) is 3.78. The Labute approximate surface area is 178 Å². The number of hydrogen-bond donors (Lipinski definition) is 0. The van der Waals surface area contributed by atoms with Crippen molar-refractivity contribution in [3.05, 3.63) is 47.0 Å². The van der Waals surface area contributed by atoms with Crippen LogP contribution in [0.3, 0.4) is 0 Å². The van der Waals surface area contributed by atoms with Crippen LogP contribution in [0.15, 0.2) is 30.7 Å². The Morgan fingerprint density at radius 2 is 2.14 bits per heavy atom. The Balaban J connectivity index is 1.59. The van der Waals surface area contributed by atoms with Crippen LogP contribution in [-0.4, -0.2) is 65.2 Å². The molecule has 0 N–H and O–H groups in total. The highest BCUT2D eigenvalue weighted by atomic mass is 35.5. The van der Waals surface area contributed by atoms with Gasteiger partial charge in [-0.2, -0.15) is 0 Å². The number of amides is 1. The van der Waals surface area contributed by atoms with Gasteiger partial charge in [-0.15, -0.1) is 0 Å². The maximum atomic E-state index is 13.2. The summed E-state index contributed by atoms with van der Waals surface area (Å²) in [4.78, 5) is 30.2. The lowest BCUT2D eigenvalue weighted by molar-refractivity contribution is 0.0376. The Bertz CT molecular complexity index is 991. The van der Waals surface area contributed by atoms with Gasteiger partial charge >= 0.3 is 0 Å². The fourth-order valence-corrected chi connectivity index (χ4v) is 4.81. The highest BCUT2D eigenvalue weighted by Crippen LogP contribution is 2.33. The molecule has 152 valence electrons. The molecule has 4 rings (SSSR count). The van der Waals surface area contributed by atoms with Gasteiger partial charge in [0.15, 0.2) is 5.13 Å². The topological polar surface area (TPSA) is 71.5 Å². The molecule has 1 fully saturated rings. The first-order chi connectivity index (χ1) is 14.1. The number of anilines is 1. The summed E-state index contributed by atoms with van der Waals surface area (Å²) in [5.74, 6) is -0.192. The van der Waals surface area contributed by atoms with Gasteiger partial charge in [-0.3, -0.25) is 19.6 Å². The number of morpholine rings is 1. The molecule has 0 radical (unpaired) electrons. The molecule has 0 bridgehead atoms. The Hall–Kier alpha value is -2.13. The van der Waals surface area contributed by atoms with E-state index in [1.165, 1.54) is 23.7 Å². The van der Waals surface area contributed by atoms with Gasteiger partial charge < -0.3 is 4.74 Å². The van der Waals surface area contributed by atoms with E-state index in [0.29, 0.717) is 22.4 Å². The van der Waals surface area contributed by atoms with Crippen LogP contribution in [0.2, 0.25) is 5.02 Å². The minimum absolute atomic E-state index is 0.192. The number of rotatable bonds is 6. The molecular weight excluding hydrogens is 410 g/mol. The molecule has 0 spiro atoms. The van der Waals surface area contributed by atoms with Gasteiger partial charge in [-0.25, -0.2) is 9.97 Å². The second-order valence-corrected chi connectivity index (χ2v) is 8.37. The molecule has 3 heterocycles. The third-order valence-electron chi connectivity index (χ3n) is 4.86. The third-order valence-corrected chi connectivity index (χ3v) is 6.10. The van der Waals surface area contributed by atoms with Crippen molar-refractivity contribution >= 4 is 44.2 Å². The standard InChI is InChI=1S/C20H22ClN5O2S/c1-14-11-15(21)12-17-18(14)24-20(29-17)26(19(27)16-13-22-3-4-23-16)6-2-5-25-7-9-28-10-8-25/h3-4,11-13H,2,5-10H2,1H3. The molecule has 1 amide bonds. The summed E-state index contributed by atoms with van der Waals surface area (Å²) in [5.41, 5.74) is 2.18. The summed E-state index contributed by atoms with van der Waals surface area (Å²) < 4.78 is 6.37. The van der Waals surface area contributed by atoms with E-state index < -0.39 is 0 Å². The normalized spacial score (nSPS) is 15.0. The summed E-state index contributed by atoms with van der Waals surface area (Å²) in [6.45, 7) is 6.82. The molecule has 0 saturated carbocycles. The molecule has 7 nitrogen and oxygen atoms in total. The maximum absolute atomic E-state index is 13.2. The smallest absolute Gasteiger partial charge is 0.280 e. The van der Waals surface area contributed by atoms with Crippen LogP contribution in [-0.2, 0) is 4.74 Å². The molecule has 1 aliphatic heterocycles. The molecule has 1 aliphatic rings. The number of carbonyl (C=O) groups excluding carboxylic acids is 1. The van der Waals surface area contributed by atoms with Crippen LogP contribution >= 0.6 is 22.9 Å². The molecule has 1 aromatic carbocycles. The van der Waals surface area contributed by atoms with Gasteiger partial charge in [0, 0.05) is 43.6 Å². The number of carbonyl (C=O) groups is 1. The molecule has 9 heteroatoms. The molecule has 2 aromatic heterocycles. The van der Waals surface area contributed by atoms with Gasteiger partial charge in [0.05, 0.1) is 29.6 Å². The average Bonchev–Trinajstić information content (AvgIpc) is 3.16. The minimum atomic E-state index is -0.192. The molecular formula is C20H22ClN5O2S. The van der Waals surface area contributed by atoms with E-state index in [9.17, 15) is 4.79 Å². The summed E-state index contributed by atoms with van der Waals surface area (Å²) >= 11 is 7.68. The highest BCUT2D eigenvalue weighted by molar-refractivity contribution is 7.22. The van der Waals surface area contributed by atoms with Crippen LogP contribution < -0.4 is 4.90 Å². The molecule has 29 heavy (non-hydrogen) atoms. The van der Waals surface area contributed by atoms with Crippen molar-refractivity contribution < 1.29 is 9.53 Å². The van der Waals surface area contributed by atoms with Crippen molar-refractivity contribution in [1.29, 1.82) is 0 Å². The number of thiazole rings is 1. The number of aryl methyl sites for hydroxylation is 1. The Kier molecular flexibility index (Phi) is 6.34. The monoisotopic (exact) mass is 431 g/mol. The van der Waals surface area contributed by atoms with Gasteiger partial charge in [0.1, 0.15) is 5.69 Å². The number of ether oxygens (including phenoxy) is 1.